The number of aliphatic hydroxyl groups excluding tert-OH is 1. The van der Waals surface area contributed by atoms with Crippen molar-refractivity contribution in [2.75, 3.05) is 0 Å². The van der Waals surface area contributed by atoms with Gasteiger partial charge in [0, 0.05) is 0 Å². The summed E-state index contributed by atoms with van der Waals surface area (Å²) in [4.78, 5) is 0. The van der Waals surface area contributed by atoms with Crippen molar-refractivity contribution in [3.8, 4) is 0 Å². The molecule has 4 aliphatic carbocycles. The first-order chi connectivity index (χ1) is 14.2. The molecule has 0 bridgehead atoms. The zero-order valence-electron chi connectivity index (χ0n) is 20.7. The summed E-state index contributed by atoms with van der Waals surface area (Å²) in [5.41, 5.74) is 4.20. The molecule has 30 heavy (non-hydrogen) atoms. The first-order valence-corrected chi connectivity index (χ1v) is 13.2. The highest BCUT2D eigenvalue weighted by Gasteiger charge is 2.58. The van der Waals surface area contributed by atoms with Crippen molar-refractivity contribution < 1.29 is 5.11 Å². The molecule has 4 rings (SSSR count). The molecule has 1 nitrogen and oxygen atoms in total. The maximum absolute atomic E-state index is 10.2. The third-order valence-corrected chi connectivity index (χ3v) is 10.8. The maximum Gasteiger partial charge on any atom is 0.0577 e. The molecule has 0 heterocycles. The lowest BCUT2D eigenvalue weighted by molar-refractivity contribution is -0.0454. The van der Waals surface area contributed by atoms with Gasteiger partial charge in [-0.25, -0.2) is 0 Å². The van der Waals surface area contributed by atoms with Crippen molar-refractivity contribution in [3.63, 3.8) is 0 Å². The summed E-state index contributed by atoms with van der Waals surface area (Å²) in [5, 5.41) is 10.2. The number of fused-ring (bicyclic) bond motifs is 5. The van der Waals surface area contributed by atoms with Crippen molar-refractivity contribution in [3.05, 3.63) is 23.3 Å². The summed E-state index contributed by atoms with van der Waals surface area (Å²) in [6.07, 6.45) is 17.8. The minimum Gasteiger partial charge on any atom is -0.393 e. The molecule has 3 fully saturated rings. The van der Waals surface area contributed by atoms with Crippen LogP contribution in [-0.4, -0.2) is 11.2 Å². The number of rotatable bonds is 5. The molecule has 0 unspecified atom stereocenters. The van der Waals surface area contributed by atoms with Gasteiger partial charge in [0.15, 0.2) is 0 Å². The third-order valence-electron chi connectivity index (χ3n) is 10.8. The summed E-state index contributed by atoms with van der Waals surface area (Å²) in [5.74, 6) is 5.07. The van der Waals surface area contributed by atoms with Crippen LogP contribution in [0, 0.1) is 46.3 Å². The Kier molecular flexibility index (Phi) is 6.35. The van der Waals surface area contributed by atoms with E-state index in [9.17, 15) is 5.11 Å². The fourth-order valence-electron chi connectivity index (χ4n) is 8.78. The summed E-state index contributed by atoms with van der Waals surface area (Å²) in [6, 6.07) is 0. The van der Waals surface area contributed by atoms with Gasteiger partial charge >= 0.3 is 0 Å². The molecule has 0 saturated heterocycles. The van der Waals surface area contributed by atoms with E-state index in [1.165, 1.54) is 51.4 Å². The highest BCUT2D eigenvalue weighted by Crippen LogP contribution is 2.67. The van der Waals surface area contributed by atoms with Gasteiger partial charge < -0.3 is 5.11 Å². The van der Waals surface area contributed by atoms with E-state index in [1.807, 2.05) is 0 Å². The lowest BCUT2D eigenvalue weighted by Crippen LogP contribution is -2.50. The van der Waals surface area contributed by atoms with E-state index >= 15 is 0 Å². The second-order valence-corrected chi connectivity index (χ2v) is 12.4. The normalized spacial score (nSPS) is 44.9. The van der Waals surface area contributed by atoms with Gasteiger partial charge in [0.05, 0.1) is 6.10 Å². The predicted octanol–water partition coefficient (Wildman–Crippen LogP) is 7.94. The van der Waals surface area contributed by atoms with Crippen molar-refractivity contribution in [2.24, 2.45) is 46.3 Å². The van der Waals surface area contributed by atoms with Gasteiger partial charge in [-0.2, -0.15) is 0 Å². The molecule has 0 aromatic carbocycles. The summed E-state index contributed by atoms with van der Waals surface area (Å²) in [7, 11) is 0. The maximum atomic E-state index is 10.2. The molecule has 3 saturated carbocycles. The van der Waals surface area contributed by atoms with Crippen LogP contribution in [0.2, 0.25) is 0 Å². The van der Waals surface area contributed by atoms with E-state index in [0.717, 1.165) is 48.3 Å². The smallest absolute Gasteiger partial charge is 0.0577 e. The van der Waals surface area contributed by atoms with Crippen LogP contribution in [0.1, 0.15) is 106 Å². The van der Waals surface area contributed by atoms with Crippen LogP contribution in [0.3, 0.4) is 0 Å². The minimum absolute atomic E-state index is 0.0869. The summed E-state index contributed by atoms with van der Waals surface area (Å²) >= 11 is 0. The largest absolute Gasteiger partial charge is 0.393 e. The fraction of sp³-hybridized carbons (Fsp3) is 0.862. The SMILES string of the molecule is CC[C@H](C/C=C(/C)[C@H]1CC[C@H]2[C@H]3CC=C4C[C@@H](O)CC[C@]4(C)[C@H]3CC[C@]12C)C(C)C. The molecule has 1 N–H and O–H groups in total. The lowest BCUT2D eigenvalue weighted by Gasteiger charge is -2.58. The van der Waals surface area contributed by atoms with Gasteiger partial charge in [-0.3, -0.25) is 0 Å². The van der Waals surface area contributed by atoms with Crippen LogP contribution in [-0.2, 0) is 0 Å². The highest BCUT2D eigenvalue weighted by atomic mass is 16.3. The second-order valence-electron chi connectivity index (χ2n) is 12.4. The van der Waals surface area contributed by atoms with Crippen molar-refractivity contribution >= 4 is 0 Å². The minimum atomic E-state index is -0.0869. The predicted molar refractivity (Wildman–Crippen MR) is 128 cm³/mol. The van der Waals surface area contributed by atoms with Gasteiger partial charge in [0.1, 0.15) is 0 Å². The van der Waals surface area contributed by atoms with Gasteiger partial charge in [0.25, 0.3) is 0 Å². The van der Waals surface area contributed by atoms with Crippen LogP contribution in [0.25, 0.3) is 0 Å². The molecule has 4 aliphatic rings. The quantitative estimate of drug-likeness (QED) is 0.454. The molecule has 170 valence electrons. The van der Waals surface area contributed by atoms with Crippen molar-refractivity contribution in [2.45, 2.75) is 112 Å². The molecule has 0 amide bonds. The van der Waals surface area contributed by atoms with E-state index in [-0.39, 0.29) is 6.10 Å². The number of hydrogen-bond donors (Lipinski definition) is 1. The zero-order valence-corrected chi connectivity index (χ0v) is 20.7. The highest BCUT2D eigenvalue weighted by molar-refractivity contribution is 5.26. The first kappa shape index (κ1) is 22.6. The zero-order chi connectivity index (χ0) is 21.7. The Morgan fingerprint density at radius 1 is 1.13 bits per heavy atom. The topological polar surface area (TPSA) is 20.2 Å². The molecule has 1 heteroatoms. The van der Waals surface area contributed by atoms with Gasteiger partial charge in [-0.15, -0.1) is 0 Å². The van der Waals surface area contributed by atoms with E-state index in [1.54, 1.807) is 11.1 Å². The van der Waals surface area contributed by atoms with E-state index in [0.29, 0.717) is 10.8 Å². The Labute approximate surface area is 186 Å². The molecule has 8 atom stereocenters. The van der Waals surface area contributed by atoms with E-state index in [2.05, 4.69) is 53.7 Å². The van der Waals surface area contributed by atoms with E-state index in [4.69, 9.17) is 0 Å². The van der Waals surface area contributed by atoms with Crippen LogP contribution >= 0.6 is 0 Å². The Bertz CT molecular complexity index is 686. The number of aliphatic hydroxyl groups is 1. The van der Waals surface area contributed by atoms with Gasteiger partial charge in [-0.05, 0) is 111 Å². The van der Waals surface area contributed by atoms with Crippen LogP contribution in [0.4, 0.5) is 0 Å². The molecule has 0 aliphatic heterocycles. The third kappa shape index (κ3) is 3.66. The standard InChI is InChI=1S/C29H48O/c1-7-21(19(2)3)9-8-20(4)25-12-13-26-24-11-10-22-18-23(30)14-16-28(22,5)27(24)15-17-29(25,26)6/h8,10,19,21,23-27,30H,7,9,11-18H2,1-6H3/b20-8-/t21-,23+,24-,25-,26+,27+,28+,29-/m1/s1. The van der Waals surface area contributed by atoms with Crippen molar-refractivity contribution in [1.82, 2.24) is 0 Å². The molecule has 0 aromatic rings. The monoisotopic (exact) mass is 412 g/mol. The molecular weight excluding hydrogens is 364 g/mol. The average Bonchev–Trinajstić information content (AvgIpc) is 3.06. The Morgan fingerprint density at radius 3 is 2.60 bits per heavy atom. The molecule has 0 spiro atoms. The first-order valence-electron chi connectivity index (χ1n) is 13.2. The fourth-order valence-corrected chi connectivity index (χ4v) is 8.78. The average molecular weight is 413 g/mol. The lowest BCUT2D eigenvalue weighted by atomic mass is 9.47. The van der Waals surface area contributed by atoms with Crippen LogP contribution < -0.4 is 0 Å². The Hall–Kier alpha value is -0.560. The van der Waals surface area contributed by atoms with Crippen LogP contribution in [0.15, 0.2) is 23.3 Å². The number of hydrogen-bond acceptors (Lipinski definition) is 1. The molecule has 0 aromatic heterocycles. The van der Waals surface area contributed by atoms with Gasteiger partial charge in [0.2, 0.25) is 0 Å². The summed E-state index contributed by atoms with van der Waals surface area (Å²) < 4.78 is 0. The molecular formula is C29H48O. The van der Waals surface area contributed by atoms with Crippen LogP contribution in [0.5, 0.6) is 0 Å². The van der Waals surface area contributed by atoms with Gasteiger partial charge in [-0.1, -0.05) is 64.3 Å². The van der Waals surface area contributed by atoms with E-state index < -0.39 is 0 Å². The van der Waals surface area contributed by atoms with Crippen molar-refractivity contribution in [1.29, 1.82) is 0 Å². The second kappa shape index (κ2) is 8.42. The summed E-state index contributed by atoms with van der Waals surface area (Å²) in [6.45, 7) is 14.8. The molecule has 0 radical (unpaired) electrons. The Morgan fingerprint density at radius 2 is 1.90 bits per heavy atom. The Balaban J connectivity index is 1.53. The number of allylic oxidation sites excluding steroid dienone is 3.